The fraction of sp³-hybridized carbons (Fsp3) is 0.214. The van der Waals surface area contributed by atoms with Crippen LogP contribution in [0, 0.1) is 0 Å². The molecule has 0 saturated heterocycles. The van der Waals surface area contributed by atoms with E-state index in [1.807, 2.05) is 6.07 Å². The Balaban J connectivity index is 2.11. The number of aromatic nitrogens is 1. The van der Waals surface area contributed by atoms with Gasteiger partial charge in [-0.3, -0.25) is 0 Å². The van der Waals surface area contributed by atoms with Crippen molar-refractivity contribution in [2.24, 2.45) is 0 Å². The Morgan fingerprint density at radius 3 is 2.18 bits per heavy atom. The Bertz CT molecular complexity index is 472. The molecule has 0 spiro atoms. The summed E-state index contributed by atoms with van der Waals surface area (Å²) >= 11 is 0. The smallest absolute Gasteiger partial charge is 0.123 e. The van der Waals surface area contributed by atoms with Crippen LogP contribution in [0.3, 0.4) is 0 Å². The van der Waals surface area contributed by atoms with Crippen molar-refractivity contribution in [2.75, 3.05) is 11.1 Å². The van der Waals surface area contributed by atoms with Crippen LogP contribution in [-0.2, 0) is 0 Å². The average Bonchev–Trinajstić information content (AvgIpc) is 2.33. The lowest BCUT2D eigenvalue weighted by Crippen LogP contribution is -1.94. The summed E-state index contributed by atoms with van der Waals surface area (Å²) in [6.07, 6.45) is 1.73. The monoisotopic (exact) mass is 227 g/mol. The zero-order valence-corrected chi connectivity index (χ0v) is 10.1. The zero-order chi connectivity index (χ0) is 12.3. The first-order chi connectivity index (χ1) is 8.15. The molecule has 3 N–H and O–H groups in total. The van der Waals surface area contributed by atoms with Gasteiger partial charge in [-0.2, -0.15) is 0 Å². The maximum atomic E-state index is 5.53. The molecule has 17 heavy (non-hydrogen) atoms. The number of nitrogens with zero attached hydrogens (tertiary/aromatic N) is 1. The van der Waals surface area contributed by atoms with Crippen LogP contribution < -0.4 is 11.1 Å². The average molecular weight is 227 g/mol. The van der Waals surface area contributed by atoms with Crippen LogP contribution >= 0.6 is 0 Å². The van der Waals surface area contributed by atoms with Gasteiger partial charge < -0.3 is 11.1 Å². The quantitative estimate of drug-likeness (QED) is 0.843. The van der Waals surface area contributed by atoms with Gasteiger partial charge in [0, 0.05) is 5.69 Å². The molecule has 2 aromatic rings. The first-order valence-electron chi connectivity index (χ1n) is 5.73. The predicted molar refractivity (Wildman–Crippen MR) is 72.5 cm³/mol. The Kier molecular flexibility index (Phi) is 3.28. The van der Waals surface area contributed by atoms with Gasteiger partial charge >= 0.3 is 0 Å². The molecule has 2 rings (SSSR count). The van der Waals surface area contributed by atoms with Crippen molar-refractivity contribution in [3.05, 3.63) is 48.2 Å². The topological polar surface area (TPSA) is 50.9 Å². The second kappa shape index (κ2) is 4.87. The molecular weight excluding hydrogens is 210 g/mol. The second-order valence-electron chi connectivity index (χ2n) is 4.37. The summed E-state index contributed by atoms with van der Waals surface area (Å²) < 4.78 is 0. The molecule has 0 aliphatic rings. The van der Waals surface area contributed by atoms with Gasteiger partial charge in [-0.05, 0) is 35.7 Å². The Labute approximate surface area is 102 Å². The molecule has 0 amide bonds. The van der Waals surface area contributed by atoms with Crippen LogP contribution in [-0.4, -0.2) is 4.98 Å². The van der Waals surface area contributed by atoms with E-state index >= 15 is 0 Å². The molecule has 0 atom stereocenters. The van der Waals surface area contributed by atoms with E-state index in [2.05, 4.69) is 48.4 Å². The standard InChI is InChI=1S/C14H17N3/c1-10(2)11-3-5-12(6-4-11)17-13-7-8-14(15)16-9-13/h3-10,17H,1-2H3,(H2,15,16). The minimum atomic E-state index is 0.533. The lowest BCUT2D eigenvalue weighted by atomic mass is 10.0. The summed E-state index contributed by atoms with van der Waals surface area (Å²) in [7, 11) is 0. The first-order valence-corrected chi connectivity index (χ1v) is 5.73. The molecule has 0 radical (unpaired) electrons. The summed E-state index contributed by atoms with van der Waals surface area (Å²) in [4.78, 5) is 4.04. The Morgan fingerprint density at radius 1 is 1.00 bits per heavy atom. The van der Waals surface area contributed by atoms with E-state index in [4.69, 9.17) is 5.73 Å². The highest BCUT2D eigenvalue weighted by molar-refractivity contribution is 5.59. The highest BCUT2D eigenvalue weighted by Gasteiger charge is 1.99. The third kappa shape index (κ3) is 2.97. The molecule has 0 aliphatic carbocycles. The fourth-order valence-corrected chi connectivity index (χ4v) is 1.60. The largest absolute Gasteiger partial charge is 0.384 e. The third-order valence-electron chi connectivity index (χ3n) is 2.65. The van der Waals surface area contributed by atoms with Gasteiger partial charge in [-0.15, -0.1) is 0 Å². The predicted octanol–water partition coefficient (Wildman–Crippen LogP) is 3.53. The van der Waals surface area contributed by atoms with E-state index in [0.717, 1.165) is 11.4 Å². The van der Waals surface area contributed by atoms with E-state index in [0.29, 0.717) is 11.7 Å². The molecule has 3 heteroatoms. The number of hydrogen-bond acceptors (Lipinski definition) is 3. The van der Waals surface area contributed by atoms with E-state index in [1.54, 1.807) is 12.3 Å². The molecule has 0 unspecified atom stereocenters. The Hall–Kier alpha value is -2.03. The maximum absolute atomic E-state index is 5.53. The van der Waals surface area contributed by atoms with Gasteiger partial charge in [-0.1, -0.05) is 26.0 Å². The van der Waals surface area contributed by atoms with Gasteiger partial charge in [0.15, 0.2) is 0 Å². The van der Waals surface area contributed by atoms with E-state index in [9.17, 15) is 0 Å². The molecule has 0 bridgehead atoms. The Morgan fingerprint density at radius 2 is 1.65 bits per heavy atom. The van der Waals surface area contributed by atoms with E-state index in [1.165, 1.54) is 5.56 Å². The minimum Gasteiger partial charge on any atom is -0.384 e. The lowest BCUT2D eigenvalue weighted by molar-refractivity contribution is 0.867. The number of rotatable bonds is 3. The highest BCUT2D eigenvalue weighted by Crippen LogP contribution is 2.20. The molecule has 1 heterocycles. The normalized spacial score (nSPS) is 10.5. The van der Waals surface area contributed by atoms with Crippen molar-refractivity contribution >= 4 is 17.2 Å². The molecular formula is C14H17N3. The van der Waals surface area contributed by atoms with Gasteiger partial charge in [0.1, 0.15) is 5.82 Å². The summed E-state index contributed by atoms with van der Waals surface area (Å²) in [5, 5.41) is 3.28. The van der Waals surface area contributed by atoms with Crippen LogP contribution in [0.2, 0.25) is 0 Å². The van der Waals surface area contributed by atoms with Crippen LogP contribution in [0.1, 0.15) is 25.3 Å². The molecule has 0 saturated carbocycles. The van der Waals surface area contributed by atoms with Crippen molar-refractivity contribution in [1.29, 1.82) is 0 Å². The number of nitrogens with one attached hydrogen (secondary N) is 1. The number of benzene rings is 1. The maximum Gasteiger partial charge on any atom is 0.123 e. The first kappa shape index (κ1) is 11.5. The fourth-order valence-electron chi connectivity index (χ4n) is 1.60. The van der Waals surface area contributed by atoms with Crippen molar-refractivity contribution in [1.82, 2.24) is 4.98 Å². The van der Waals surface area contributed by atoms with Crippen molar-refractivity contribution in [3.63, 3.8) is 0 Å². The molecule has 3 nitrogen and oxygen atoms in total. The number of nitrogen functional groups attached to an aromatic ring is 1. The van der Waals surface area contributed by atoms with Gasteiger partial charge in [0.05, 0.1) is 11.9 Å². The number of pyridine rings is 1. The molecule has 1 aromatic heterocycles. The molecule has 0 aliphatic heterocycles. The summed E-state index contributed by atoms with van der Waals surface area (Å²) in [6.45, 7) is 4.37. The van der Waals surface area contributed by atoms with Crippen molar-refractivity contribution in [2.45, 2.75) is 19.8 Å². The van der Waals surface area contributed by atoms with E-state index < -0.39 is 0 Å². The van der Waals surface area contributed by atoms with Gasteiger partial charge in [0.25, 0.3) is 0 Å². The lowest BCUT2D eigenvalue weighted by Gasteiger charge is -2.09. The summed E-state index contributed by atoms with van der Waals surface area (Å²) in [5.74, 6) is 1.09. The van der Waals surface area contributed by atoms with Gasteiger partial charge in [0.2, 0.25) is 0 Å². The summed E-state index contributed by atoms with van der Waals surface area (Å²) in [5.41, 5.74) is 8.87. The van der Waals surface area contributed by atoms with Crippen LogP contribution in [0.4, 0.5) is 17.2 Å². The SMILES string of the molecule is CC(C)c1ccc(Nc2ccc(N)nc2)cc1. The highest BCUT2D eigenvalue weighted by atomic mass is 14.9. The number of nitrogens with two attached hydrogens (primary N) is 1. The zero-order valence-electron chi connectivity index (χ0n) is 10.1. The van der Waals surface area contributed by atoms with Crippen molar-refractivity contribution in [3.8, 4) is 0 Å². The third-order valence-corrected chi connectivity index (χ3v) is 2.65. The van der Waals surface area contributed by atoms with E-state index in [-0.39, 0.29) is 0 Å². The van der Waals surface area contributed by atoms with Crippen LogP contribution in [0.25, 0.3) is 0 Å². The van der Waals surface area contributed by atoms with Crippen LogP contribution in [0.5, 0.6) is 0 Å². The van der Waals surface area contributed by atoms with Crippen molar-refractivity contribution < 1.29 is 0 Å². The second-order valence-corrected chi connectivity index (χ2v) is 4.37. The van der Waals surface area contributed by atoms with Gasteiger partial charge in [-0.25, -0.2) is 4.98 Å². The molecule has 1 aromatic carbocycles. The number of anilines is 3. The summed E-state index contributed by atoms with van der Waals surface area (Å²) in [6, 6.07) is 12.1. The molecule has 0 fully saturated rings. The van der Waals surface area contributed by atoms with Crippen LogP contribution in [0.15, 0.2) is 42.6 Å². The molecule has 88 valence electrons. The number of hydrogen-bond donors (Lipinski definition) is 2. The minimum absolute atomic E-state index is 0.533.